The van der Waals surface area contributed by atoms with E-state index in [-0.39, 0.29) is 13.0 Å². The summed E-state index contributed by atoms with van der Waals surface area (Å²) in [4.78, 5) is 11.8. The molecule has 0 bridgehead atoms. The Hall–Kier alpha value is -2.48. The Bertz CT molecular complexity index is 640. The van der Waals surface area contributed by atoms with Gasteiger partial charge in [0.05, 0.1) is 19.2 Å². The van der Waals surface area contributed by atoms with Crippen LogP contribution in [-0.2, 0) is 11.2 Å². The van der Waals surface area contributed by atoms with Crippen LogP contribution in [0.25, 0.3) is 0 Å². The minimum atomic E-state index is -4.78. The van der Waals surface area contributed by atoms with Crippen LogP contribution in [0.3, 0.4) is 0 Å². The first kappa shape index (κ1) is 16.9. The van der Waals surface area contributed by atoms with Crippen molar-refractivity contribution in [2.75, 3.05) is 6.54 Å². The molecule has 124 valence electrons. The van der Waals surface area contributed by atoms with E-state index in [0.29, 0.717) is 11.3 Å². The molecule has 0 radical (unpaired) electrons. The summed E-state index contributed by atoms with van der Waals surface area (Å²) in [7, 11) is 0. The highest BCUT2D eigenvalue weighted by Gasteiger charge is 2.31. The Morgan fingerprint density at radius 1 is 1.30 bits per heavy atom. The normalized spacial score (nSPS) is 12.7. The molecule has 5 nitrogen and oxygen atoms in total. The number of halogens is 3. The molecule has 8 heteroatoms. The lowest BCUT2D eigenvalue weighted by atomic mass is 10.1. The van der Waals surface area contributed by atoms with Gasteiger partial charge in [-0.25, -0.2) is 0 Å². The molecule has 0 aliphatic heterocycles. The lowest BCUT2D eigenvalue weighted by Gasteiger charge is -2.11. The first-order valence-electron chi connectivity index (χ1n) is 6.66. The van der Waals surface area contributed by atoms with E-state index in [1.807, 2.05) is 0 Å². The lowest BCUT2D eigenvalue weighted by molar-refractivity contribution is -0.274. The minimum absolute atomic E-state index is 0.0644. The van der Waals surface area contributed by atoms with Gasteiger partial charge >= 0.3 is 6.36 Å². The molecule has 2 rings (SSSR count). The number of rotatable bonds is 6. The third kappa shape index (κ3) is 5.67. The van der Waals surface area contributed by atoms with Gasteiger partial charge in [-0.1, -0.05) is 12.1 Å². The van der Waals surface area contributed by atoms with Crippen molar-refractivity contribution < 1.29 is 32.2 Å². The fraction of sp³-hybridized carbons (Fsp3) is 0.267. The number of ether oxygens (including phenoxy) is 1. The Morgan fingerprint density at radius 2 is 2.09 bits per heavy atom. The maximum absolute atomic E-state index is 12.1. The second-order valence-corrected chi connectivity index (χ2v) is 4.71. The van der Waals surface area contributed by atoms with Crippen molar-refractivity contribution in [2.24, 2.45) is 0 Å². The number of benzene rings is 1. The SMILES string of the molecule is O=C(Cc1cccc(OC(F)(F)F)c1)NCC(O)c1ccco1. The monoisotopic (exact) mass is 329 g/mol. The highest BCUT2D eigenvalue weighted by Crippen LogP contribution is 2.23. The van der Waals surface area contributed by atoms with E-state index < -0.39 is 24.1 Å². The molecular weight excluding hydrogens is 315 g/mol. The molecule has 1 aromatic heterocycles. The predicted octanol–water partition coefficient (Wildman–Crippen LogP) is 2.57. The van der Waals surface area contributed by atoms with Crippen molar-refractivity contribution >= 4 is 5.91 Å². The van der Waals surface area contributed by atoms with Gasteiger partial charge in [-0.3, -0.25) is 4.79 Å². The maximum Gasteiger partial charge on any atom is 0.573 e. The van der Waals surface area contributed by atoms with Crippen LogP contribution in [-0.4, -0.2) is 23.9 Å². The molecule has 1 aromatic carbocycles. The van der Waals surface area contributed by atoms with Crippen LogP contribution >= 0.6 is 0 Å². The number of furan rings is 1. The van der Waals surface area contributed by atoms with E-state index >= 15 is 0 Å². The summed E-state index contributed by atoms with van der Waals surface area (Å²) < 4.78 is 45.2. The Morgan fingerprint density at radius 3 is 2.74 bits per heavy atom. The summed E-state index contributed by atoms with van der Waals surface area (Å²) in [5.74, 6) is -0.524. The van der Waals surface area contributed by atoms with Gasteiger partial charge in [0.25, 0.3) is 0 Å². The number of aliphatic hydroxyl groups excluding tert-OH is 1. The summed E-state index contributed by atoms with van der Waals surface area (Å²) in [6, 6.07) is 8.32. The molecule has 0 fully saturated rings. The first-order chi connectivity index (χ1) is 10.8. The van der Waals surface area contributed by atoms with Gasteiger partial charge in [-0.05, 0) is 29.8 Å². The average molecular weight is 329 g/mol. The van der Waals surface area contributed by atoms with Crippen LogP contribution in [0.5, 0.6) is 5.75 Å². The van der Waals surface area contributed by atoms with Crippen LogP contribution in [0.2, 0.25) is 0 Å². The molecule has 1 heterocycles. The van der Waals surface area contributed by atoms with Gasteiger partial charge in [0.1, 0.15) is 17.6 Å². The summed E-state index contributed by atoms with van der Waals surface area (Å²) in [6.07, 6.45) is -4.52. The largest absolute Gasteiger partial charge is 0.573 e. The third-order valence-electron chi connectivity index (χ3n) is 2.86. The van der Waals surface area contributed by atoms with Crippen molar-refractivity contribution in [2.45, 2.75) is 18.9 Å². The van der Waals surface area contributed by atoms with E-state index in [0.717, 1.165) is 12.1 Å². The van der Waals surface area contributed by atoms with Gasteiger partial charge in [0.15, 0.2) is 0 Å². The minimum Gasteiger partial charge on any atom is -0.467 e. The highest BCUT2D eigenvalue weighted by molar-refractivity contribution is 5.78. The van der Waals surface area contributed by atoms with Gasteiger partial charge < -0.3 is 19.6 Å². The molecule has 0 saturated carbocycles. The molecular formula is C15H14F3NO4. The quantitative estimate of drug-likeness (QED) is 0.854. The third-order valence-corrected chi connectivity index (χ3v) is 2.86. The second kappa shape index (κ2) is 7.19. The smallest absolute Gasteiger partial charge is 0.467 e. The fourth-order valence-corrected chi connectivity index (χ4v) is 1.89. The Balaban J connectivity index is 1.86. The van der Waals surface area contributed by atoms with E-state index in [9.17, 15) is 23.1 Å². The number of amides is 1. The number of alkyl halides is 3. The highest BCUT2D eigenvalue weighted by atomic mass is 19.4. The molecule has 1 atom stereocenters. The van der Waals surface area contributed by atoms with Gasteiger partial charge in [-0.2, -0.15) is 0 Å². The molecule has 23 heavy (non-hydrogen) atoms. The predicted molar refractivity (Wildman–Crippen MR) is 73.5 cm³/mol. The zero-order valence-electron chi connectivity index (χ0n) is 11.8. The molecule has 0 aliphatic carbocycles. The lowest BCUT2D eigenvalue weighted by Crippen LogP contribution is -2.29. The zero-order valence-corrected chi connectivity index (χ0v) is 11.8. The molecule has 0 aliphatic rings. The van der Waals surface area contributed by atoms with E-state index in [2.05, 4.69) is 10.1 Å². The topological polar surface area (TPSA) is 71.7 Å². The average Bonchev–Trinajstić information content (AvgIpc) is 2.97. The number of hydrogen-bond acceptors (Lipinski definition) is 4. The van der Waals surface area contributed by atoms with Crippen LogP contribution in [0.1, 0.15) is 17.4 Å². The van der Waals surface area contributed by atoms with E-state index in [4.69, 9.17) is 4.42 Å². The Labute approximate surface area is 129 Å². The zero-order chi connectivity index (χ0) is 16.9. The van der Waals surface area contributed by atoms with Crippen LogP contribution < -0.4 is 10.1 Å². The van der Waals surface area contributed by atoms with Crippen molar-refractivity contribution in [1.82, 2.24) is 5.32 Å². The van der Waals surface area contributed by atoms with E-state index in [1.54, 1.807) is 12.1 Å². The standard InChI is InChI=1S/C15H14F3NO4/c16-15(17,18)23-11-4-1-3-10(7-11)8-14(21)19-9-12(20)13-5-2-6-22-13/h1-7,12,20H,8-9H2,(H,19,21). The summed E-state index contributed by atoms with van der Waals surface area (Å²) in [5.41, 5.74) is 0.358. The fourth-order valence-electron chi connectivity index (χ4n) is 1.89. The van der Waals surface area contributed by atoms with Crippen LogP contribution in [0.4, 0.5) is 13.2 Å². The summed E-state index contributed by atoms with van der Waals surface area (Å²) in [6.45, 7) is -0.0644. The molecule has 0 spiro atoms. The van der Waals surface area contributed by atoms with Gasteiger partial charge in [-0.15, -0.1) is 13.2 Å². The second-order valence-electron chi connectivity index (χ2n) is 4.71. The number of hydrogen-bond donors (Lipinski definition) is 2. The van der Waals surface area contributed by atoms with Crippen molar-refractivity contribution in [3.05, 3.63) is 54.0 Å². The van der Waals surface area contributed by atoms with Crippen molar-refractivity contribution in [3.63, 3.8) is 0 Å². The maximum atomic E-state index is 12.1. The summed E-state index contributed by atoms with van der Waals surface area (Å²) >= 11 is 0. The molecule has 0 saturated heterocycles. The number of nitrogens with one attached hydrogen (secondary N) is 1. The van der Waals surface area contributed by atoms with Crippen LogP contribution in [0, 0.1) is 0 Å². The molecule has 1 amide bonds. The number of carbonyl (C=O) groups excluding carboxylic acids is 1. The number of carbonyl (C=O) groups is 1. The van der Waals surface area contributed by atoms with Crippen molar-refractivity contribution in [3.8, 4) is 5.75 Å². The summed E-state index contributed by atoms with van der Waals surface area (Å²) in [5, 5.41) is 12.2. The molecule has 2 N–H and O–H groups in total. The Kier molecular flexibility index (Phi) is 5.28. The van der Waals surface area contributed by atoms with Gasteiger partial charge in [0.2, 0.25) is 5.91 Å². The van der Waals surface area contributed by atoms with Crippen molar-refractivity contribution in [1.29, 1.82) is 0 Å². The number of aliphatic hydroxyl groups is 1. The van der Waals surface area contributed by atoms with Crippen LogP contribution in [0.15, 0.2) is 47.1 Å². The first-order valence-corrected chi connectivity index (χ1v) is 6.66. The molecule has 2 aromatic rings. The molecule has 1 unspecified atom stereocenters. The van der Waals surface area contributed by atoms with E-state index in [1.165, 1.54) is 18.4 Å². The van der Waals surface area contributed by atoms with Gasteiger partial charge in [0, 0.05) is 0 Å².